The molecule has 8 nitrogen and oxygen atoms in total. The number of Topliss-reactive ketones (excluding diaryl/α,β-unsaturated/α-hetero) is 1. The zero-order valence-electron chi connectivity index (χ0n) is 19.1. The number of hydrogen-bond acceptors (Lipinski definition) is 6. The van der Waals surface area contributed by atoms with E-state index >= 15 is 0 Å². The van der Waals surface area contributed by atoms with E-state index in [1.807, 2.05) is 41.3 Å². The first kappa shape index (κ1) is 21.7. The average Bonchev–Trinajstić information content (AvgIpc) is 3.36. The number of rotatable bonds is 4. The lowest BCUT2D eigenvalue weighted by Crippen LogP contribution is -2.51. The third-order valence-corrected chi connectivity index (χ3v) is 8.00. The molecule has 1 aliphatic carbocycles. The Balaban J connectivity index is 1.46. The van der Waals surface area contributed by atoms with Crippen molar-refractivity contribution in [3.63, 3.8) is 0 Å². The fourth-order valence-electron chi connectivity index (χ4n) is 6.48. The number of para-hydroxylation sites is 1. The Hall–Kier alpha value is -3.81. The molecule has 4 atom stereocenters. The molecular weight excluding hydrogens is 446 g/mol. The van der Waals surface area contributed by atoms with E-state index in [2.05, 4.69) is 0 Å². The van der Waals surface area contributed by atoms with Crippen molar-refractivity contribution in [3.05, 3.63) is 75.8 Å². The molecular formula is C27H25N3O5. The number of carbonyl (C=O) groups is 3. The third kappa shape index (κ3) is 3.23. The van der Waals surface area contributed by atoms with Gasteiger partial charge in [-0.1, -0.05) is 61.7 Å². The van der Waals surface area contributed by atoms with Crippen molar-refractivity contribution in [2.24, 2.45) is 11.8 Å². The molecule has 3 heterocycles. The Bertz CT molecular complexity index is 1280. The van der Waals surface area contributed by atoms with Gasteiger partial charge < -0.3 is 4.90 Å². The second-order valence-corrected chi connectivity index (χ2v) is 9.82. The quantitative estimate of drug-likeness (QED) is 0.289. The SMILES string of the molecule is O=C(c1cccc([N+](=O)[O-])c1)[C@@H]1[C@H]2C(=O)N(C3CCCCC3)C(=O)[C@@H]2[C@H]2C=Cc3ccccc3N21. The van der Waals surface area contributed by atoms with Gasteiger partial charge in [0, 0.05) is 29.4 Å². The average molecular weight is 472 g/mol. The highest BCUT2D eigenvalue weighted by molar-refractivity contribution is 6.14. The number of imide groups is 1. The van der Waals surface area contributed by atoms with Crippen LogP contribution in [0.3, 0.4) is 0 Å². The summed E-state index contributed by atoms with van der Waals surface area (Å²) in [6.45, 7) is 0. The lowest BCUT2D eigenvalue weighted by molar-refractivity contribution is -0.384. The number of nitro benzene ring substituents is 1. The van der Waals surface area contributed by atoms with Crippen LogP contribution in [-0.4, -0.2) is 45.5 Å². The van der Waals surface area contributed by atoms with Crippen molar-refractivity contribution in [2.75, 3.05) is 4.90 Å². The number of ketones is 1. The predicted molar refractivity (Wildman–Crippen MR) is 129 cm³/mol. The Kier molecular flexibility index (Phi) is 5.05. The zero-order chi connectivity index (χ0) is 24.3. The minimum atomic E-state index is -0.914. The predicted octanol–water partition coefficient (Wildman–Crippen LogP) is 4.00. The molecule has 2 aromatic rings. The summed E-state index contributed by atoms with van der Waals surface area (Å²) in [6, 6.07) is 11.8. The van der Waals surface area contributed by atoms with Crippen molar-refractivity contribution in [1.29, 1.82) is 0 Å². The molecule has 3 fully saturated rings. The van der Waals surface area contributed by atoms with Gasteiger partial charge in [-0.3, -0.25) is 29.4 Å². The van der Waals surface area contributed by atoms with Crippen LogP contribution in [0.15, 0.2) is 54.6 Å². The highest BCUT2D eigenvalue weighted by Crippen LogP contribution is 2.50. The van der Waals surface area contributed by atoms with E-state index in [1.165, 1.54) is 23.1 Å². The lowest BCUT2D eigenvalue weighted by atomic mass is 9.86. The molecule has 0 spiro atoms. The van der Waals surface area contributed by atoms with Crippen molar-refractivity contribution in [1.82, 2.24) is 4.90 Å². The zero-order valence-corrected chi connectivity index (χ0v) is 19.1. The van der Waals surface area contributed by atoms with Crippen LogP contribution < -0.4 is 4.90 Å². The number of amides is 2. The Morgan fingerprint density at radius 3 is 2.46 bits per heavy atom. The van der Waals surface area contributed by atoms with Crippen LogP contribution in [0.25, 0.3) is 6.08 Å². The molecule has 35 heavy (non-hydrogen) atoms. The largest absolute Gasteiger partial charge is 0.352 e. The fourth-order valence-corrected chi connectivity index (χ4v) is 6.48. The molecule has 3 aliphatic heterocycles. The molecule has 0 unspecified atom stereocenters. The number of nitrogens with zero attached hydrogens (tertiary/aromatic N) is 3. The topological polar surface area (TPSA) is 101 Å². The van der Waals surface area contributed by atoms with Gasteiger partial charge in [0.15, 0.2) is 5.78 Å². The van der Waals surface area contributed by atoms with E-state index in [9.17, 15) is 24.5 Å². The summed E-state index contributed by atoms with van der Waals surface area (Å²) in [5.74, 6) is -2.32. The van der Waals surface area contributed by atoms with Crippen LogP contribution in [0, 0.1) is 22.0 Å². The Labute approximate surface area is 202 Å². The number of non-ortho nitro benzene ring substituents is 1. The smallest absolute Gasteiger partial charge is 0.270 e. The van der Waals surface area contributed by atoms with Crippen LogP contribution in [0.5, 0.6) is 0 Å². The van der Waals surface area contributed by atoms with Crippen molar-refractivity contribution < 1.29 is 19.3 Å². The molecule has 0 bridgehead atoms. The first-order chi connectivity index (χ1) is 17.0. The summed E-state index contributed by atoms with van der Waals surface area (Å²) in [5, 5.41) is 11.4. The summed E-state index contributed by atoms with van der Waals surface area (Å²) in [5.41, 5.74) is 1.69. The summed E-state index contributed by atoms with van der Waals surface area (Å²) >= 11 is 0. The van der Waals surface area contributed by atoms with Gasteiger partial charge in [-0.15, -0.1) is 0 Å². The van der Waals surface area contributed by atoms with E-state index in [-0.39, 0.29) is 34.9 Å². The maximum Gasteiger partial charge on any atom is 0.270 e. The van der Waals surface area contributed by atoms with E-state index in [1.54, 1.807) is 6.07 Å². The van der Waals surface area contributed by atoms with Crippen LogP contribution in [0.2, 0.25) is 0 Å². The van der Waals surface area contributed by atoms with Gasteiger partial charge in [-0.25, -0.2) is 0 Å². The number of nitro groups is 1. The van der Waals surface area contributed by atoms with E-state index in [0.717, 1.165) is 43.4 Å². The molecule has 0 radical (unpaired) electrons. The summed E-state index contributed by atoms with van der Waals surface area (Å²) in [7, 11) is 0. The maximum atomic E-state index is 14.0. The molecule has 2 saturated heterocycles. The molecule has 1 saturated carbocycles. The van der Waals surface area contributed by atoms with Crippen LogP contribution in [-0.2, 0) is 9.59 Å². The summed E-state index contributed by atoms with van der Waals surface area (Å²) in [4.78, 5) is 55.8. The van der Waals surface area contributed by atoms with Gasteiger partial charge in [-0.05, 0) is 24.5 Å². The van der Waals surface area contributed by atoms with Gasteiger partial charge in [-0.2, -0.15) is 0 Å². The Morgan fingerprint density at radius 2 is 1.69 bits per heavy atom. The molecule has 6 rings (SSSR count). The molecule has 2 amide bonds. The van der Waals surface area contributed by atoms with E-state index in [0.29, 0.717) is 0 Å². The first-order valence-corrected chi connectivity index (χ1v) is 12.2. The molecule has 0 aromatic heterocycles. The summed E-state index contributed by atoms with van der Waals surface area (Å²) < 4.78 is 0. The monoisotopic (exact) mass is 471 g/mol. The number of carbonyl (C=O) groups excluding carboxylic acids is 3. The second-order valence-electron chi connectivity index (χ2n) is 9.82. The number of anilines is 1. The molecule has 8 heteroatoms. The van der Waals surface area contributed by atoms with Crippen LogP contribution in [0.1, 0.15) is 48.0 Å². The first-order valence-electron chi connectivity index (χ1n) is 12.2. The fraction of sp³-hybridized carbons (Fsp3) is 0.370. The van der Waals surface area contributed by atoms with E-state index in [4.69, 9.17) is 0 Å². The van der Waals surface area contributed by atoms with Gasteiger partial charge in [0.1, 0.15) is 6.04 Å². The molecule has 2 aromatic carbocycles. The van der Waals surface area contributed by atoms with E-state index < -0.39 is 28.8 Å². The molecule has 178 valence electrons. The van der Waals surface area contributed by atoms with Gasteiger partial charge in [0.05, 0.1) is 22.8 Å². The number of fused-ring (bicyclic) bond motifs is 5. The number of benzene rings is 2. The second kappa shape index (κ2) is 8.15. The number of likely N-dealkylation sites (tertiary alicyclic amines) is 1. The van der Waals surface area contributed by atoms with Gasteiger partial charge in [0.2, 0.25) is 11.8 Å². The highest BCUT2D eigenvalue weighted by Gasteiger charge is 2.64. The molecule has 0 N–H and O–H groups in total. The normalized spacial score (nSPS) is 27.5. The standard InChI is InChI=1S/C27H25N3O5/c31-25(17-8-6-11-19(15-17)30(34)35)24-23-22(21-14-13-16-7-4-5-12-20(16)29(21)24)26(32)28(27(23)33)18-9-2-1-3-10-18/h4-8,11-15,18,21-24H,1-3,9-10H2/t21-,22-,23+,24+/m1/s1. The van der Waals surface area contributed by atoms with Crippen molar-refractivity contribution in [3.8, 4) is 0 Å². The van der Waals surface area contributed by atoms with Gasteiger partial charge >= 0.3 is 0 Å². The Morgan fingerprint density at radius 1 is 0.943 bits per heavy atom. The third-order valence-electron chi connectivity index (χ3n) is 8.00. The van der Waals surface area contributed by atoms with Crippen LogP contribution >= 0.6 is 0 Å². The van der Waals surface area contributed by atoms with Crippen molar-refractivity contribution >= 4 is 35.0 Å². The van der Waals surface area contributed by atoms with Gasteiger partial charge in [0.25, 0.3) is 5.69 Å². The molecule has 4 aliphatic rings. The van der Waals surface area contributed by atoms with Crippen LogP contribution in [0.4, 0.5) is 11.4 Å². The van der Waals surface area contributed by atoms with Crippen molar-refractivity contribution in [2.45, 2.75) is 50.2 Å². The number of hydrogen-bond donors (Lipinski definition) is 0. The highest BCUT2D eigenvalue weighted by atomic mass is 16.6. The minimum Gasteiger partial charge on any atom is -0.352 e. The summed E-state index contributed by atoms with van der Waals surface area (Å²) in [6.07, 6.45) is 8.54. The minimum absolute atomic E-state index is 0.115. The lowest BCUT2D eigenvalue weighted by Gasteiger charge is -2.38. The maximum absolute atomic E-state index is 14.0.